The van der Waals surface area contributed by atoms with Gasteiger partial charge in [-0.15, -0.1) is 0 Å². The molecule has 0 bridgehead atoms. The monoisotopic (exact) mass is 457 g/mol. The van der Waals surface area contributed by atoms with Gasteiger partial charge in [0.2, 0.25) is 0 Å². The van der Waals surface area contributed by atoms with Crippen LogP contribution in [0.1, 0.15) is 38.4 Å². The molecular weight excluding hydrogens is 425 g/mol. The molecule has 3 amide bonds. The van der Waals surface area contributed by atoms with Gasteiger partial charge < -0.3 is 20.6 Å². The first-order valence-corrected chi connectivity index (χ1v) is 10.9. The molecule has 1 aliphatic heterocycles. The summed E-state index contributed by atoms with van der Waals surface area (Å²) in [5.41, 5.74) is 1.99. The summed E-state index contributed by atoms with van der Waals surface area (Å²) >= 11 is 0. The van der Waals surface area contributed by atoms with E-state index in [-0.39, 0.29) is 23.2 Å². The molecule has 3 N–H and O–H groups in total. The van der Waals surface area contributed by atoms with Crippen molar-refractivity contribution in [2.24, 2.45) is 5.41 Å². The number of hydrogen-bond donors (Lipinski definition) is 3. The van der Waals surface area contributed by atoms with E-state index >= 15 is 0 Å². The van der Waals surface area contributed by atoms with E-state index in [0.29, 0.717) is 18.8 Å². The third-order valence-electron chi connectivity index (χ3n) is 5.95. The number of benzene rings is 1. The minimum absolute atomic E-state index is 0.0277. The molecule has 9 heteroatoms. The highest BCUT2D eigenvalue weighted by Crippen LogP contribution is 2.36. The number of aromatic nitrogens is 1. The van der Waals surface area contributed by atoms with Gasteiger partial charge in [0.25, 0.3) is 0 Å². The average molecular weight is 458 g/mol. The van der Waals surface area contributed by atoms with Crippen molar-refractivity contribution in [1.29, 1.82) is 0 Å². The number of anilines is 2. The number of urea groups is 1. The van der Waals surface area contributed by atoms with Crippen molar-refractivity contribution in [1.82, 2.24) is 14.8 Å². The smallest absolute Gasteiger partial charge is 0.407 e. The number of nitrogens with one attached hydrogen (secondary N) is 2. The second-order valence-electron chi connectivity index (χ2n) is 9.64. The minimum Gasteiger partial charge on any atom is -0.465 e. The van der Waals surface area contributed by atoms with Crippen LogP contribution in [-0.2, 0) is 6.54 Å². The molecule has 1 fully saturated rings. The molecule has 1 aromatic carbocycles. The SMILES string of the molecule is Cc1ccc(NC(=O)Nc2cc(CN(C)[C@H]3CCN(C(=O)O)C3C(C)(C)C)ccc2F)cn1. The lowest BCUT2D eigenvalue weighted by Gasteiger charge is -2.40. The van der Waals surface area contributed by atoms with Gasteiger partial charge in [0, 0.05) is 24.8 Å². The maximum Gasteiger partial charge on any atom is 0.407 e. The van der Waals surface area contributed by atoms with E-state index in [1.54, 1.807) is 24.3 Å². The van der Waals surface area contributed by atoms with Gasteiger partial charge in [-0.2, -0.15) is 0 Å². The van der Waals surface area contributed by atoms with Crippen LogP contribution >= 0.6 is 0 Å². The second-order valence-corrected chi connectivity index (χ2v) is 9.64. The van der Waals surface area contributed by atoms with Gasteiger partial charge >= 0.3 is 12.1 Å². The third kappa shape index (κ3) is 5.98. The second kappa shape index (κ2) is 9.74. The molecule has 178 valence electrons. The van der Waals surface area contributed by atoms with Crippen molar-refractivity contribution in [3.8, 4) is 0 Å². The number of aryl methyl sites for hydroxylation is 1. The molecule has 1 unspecified atom stereocenters. The quantitative estimate of drug-likeness (QED) is 0.601. The van der Waals surface area contributed by atoms with Crippen LogP contribution < -0.4 is 10.6 Å². The van der Waals surface area contributed by atoms with Crippen LogP contribution in [-0.4, -0.2) is 57.7 Å². The van der Waals surface area contributed by atoms with E-state index in [1.165, 1.54) is 17.2 Å². The average Bonchev–Trinajstić information content (AvgIpc) is 3.18. The van der Waals surface area contributed by atoms with Gasteiger partial charge in [0.05, 0.1) is 23.6 Å². The Morgan fingerprint density at radius 3 is 2.58 bits per heavy atom. The van der Waals surface area contributed by atoms with Gasteiger partial charge in [-0.25, -0.2) is 14.0 Å². The molecule has 1 aliphatic rings. The Morgan fingerprint density at radius 2 is 1.97 bits per heavy atom. The zero-order valence-electron chi connectivity index (χ0n) is 19.7. The van der Waals surface area contributed by atoms with Crippen LogP contribution in [0.5, 0.6) is 0 Å². The number of pyridine rings is 1. The Labute approximate surface area is 193 Å². The number of halogens is 1. The van der Waals surface area contributed by atoms with E-state index in [0.717, 1.165) is 17.7 Å². The minimum atomic E-state index is -0.908. The molecule has 2 atom stereocenters. The Morgan fingerprint density at radius 1 is 1.24 bits per heavy atom. The molecule has 2 heterocycles. The molecule has 0 aliphatic carbocycles. The Bertz CT molecular complexity index is 1010. The molecule has 3 rings (SSSR count). The highest BCUT2D eigenvalue weighted by atomic mass is 19.1. The van der Waals surface area contributed by atoms with Crippen molar-refractivity contribution in [3.63, 3.8) is 0 Å². The number of carbonyl (C=O) groups is 2. The molecule has 0 spiro atoms. The van der Waals surface area contributed by atoms with Crippen LogP contribution in [0, 0.1) is 18.2 Å². The van der Waals surface area contributed by atoms with Crippen molar-refractivity contribution in [3.05, 3.63) is 53.6 Å². The highest BCUT2D eigenvalue weighted by Gasteiger charge is 2.45. The lowest BCUT2D eigenvalue weighted by atomic mass is 9.82. The molecule has 0 saturated carbocycles. The molecule has 1 aromatic heterocycles. The van der Waals surface area contributed by atoms with Gasteiger partial charge in [0.15, 0.2) is 0 Å². The first-order chi connectivity index (χ1) is 15.5. The van der Waals surface area contributed by atoms with Crippen LogP contribution in [0.4, 0.5) is 25.4 Å². The Balaban J connectivity index is 1.70. The molecular formula is C24H32FN5O3. The maximum atomic E-state index is 14.4. The van der Waals surface area contributed by atoms with E-state index in [2.05, 4.69) is 20.5 Å². The lowest BCUT2D eigenvalue weighted by molar-refractivity contribution is 0.0706. The number of carboxylic acid groups (broad SMARTS) is 1. The van der Waals surface area contributed by atoms with Crippen LogP contribution in [0.2, 0.25) is 0 Å². The van der Waals surface area contributed by atoms with Crippen molar-refractivity contribution in [2.45, 2.75) is 52.7 Å². The lowest BCUT2D eigenvalue weighted by Crippen LogP contribution is -2.51. The summed E-state index contributed by atoms with van der Waals surface area (Å²) in [5.74, 6) is -0.538. The zero-order chi connectivity index (χ0) is 24.3. The number of amides is 3. The predicted octanol–water partition coefficient (Wildman–Crippen LogP) is 4.77. The molecule has 1 saturated heterocycles. The van der Waals surface area contributed by atoms with Crippen molar-refractivity contribution in [2.75, 3.05) is 24.2 Å². The number of nitrogens with zero attached hydrogens (tertiary/aromatic N) is 3. The number of hydrogen-bond acceptors (Lipinski definition) is 4. The first kappa shape index (κ1) is 24.4. The fourth-order valence-electron chi connectivity index (χ4n) is 4.49. The standard InChI is InChI=1S/C24H32FN5O3/c1-15-6-8-17(13-26-15)27-22(31)28-19-12-16(7-9-18(19)25)14-29(5)20-10-11-30(23(32)33)21(20)24(2,3)4/h6-9,12-13,20-21H,10-11,14H2,1-5H3,(H,32,33)(H2,27,28,31)/t20-,21?/m0/s1. The third-order valence-corrected chi connectivity index (χ3v) is 5.95. The highest BCUT2D eigenvalue weighted by molar-refractivity contribution is 5.99. The molecule has 33 heavy (non-hydrogen) atoms. The first-order valence-electron chi connectivity index (χ1n) is 10.9. The van der Waals surface area contributed by atoms with Gasteiger partial charge in [0.1, 0.15) is 5.82 Å². The van der Waals surface area contributed by atoms with Crippen molar-refractivity contribution >= 4 is 23.5 Å². The van der Waals surface area contributed by atoms with Gasteiger partial charge in [-0.1, -0.05) is 26.8 Å². The van der Waals surface area contributed by atoms with Crippen LogP contribution in [0.25, 0.3) is 0 Å². The summed E-state index contributed by atoms with van der Waals surface area (Å²) in [6.07, 6.45) is 1.35. The molecule has 2 aromatic rings. The maximum absolute atomic E-state index is 14.4. The summed E-state index contributed by atoms with van der Waals surface area (Å²) in [6.45, 7) is 8.95. The summed E-state index contributed by atoms with van der Waals surface area (Å²) in [7, 11) is 1.95. The van der Waals surface area contributed by atoms with E-state index in [4.69, 9.17) is 0 Å². The zero-order valence-corrected chi connectivity index (χ0v) is 19.7. The number of carbonyl (C=O) groups excluding carboxylic acids is 1. The number of likely N-dealkylation sites (N-methyl/N-ethyl adjacent to an activating group) is 1. The van der Waals surface area contributed by atoms with E-state index in [1.807, 2.05) is 34.7 Å². The normalized spacial score (nSPS) is 18.5. The number of likely N-dealkylation sites (tertiary alicyclic amines) is 1. The van der Waals surface area contributed by atoms with E-state index in [9.17, 15) is 19.1 Å². The van der Waals surface area contributed by atoms with Crippen molar-refractivity contribution < 1.29 is 19.1 Å². The van der Waals surface area contributed by atoms with Gasteiger partial charge in [-0.05, 0) is 55.6 Å². The fraction of sp³-hybridized carbons (Fsp3) is 0.458. The largest absolute Gasteiger partial charge is 0.465 e. The van der Waals surface area contributed by atoms with E-state index < -0.39 is 17.9 Å². The molecule has 0 radical (unpaired) electrons. The van der Waals surface area contributed by atoms with Gasteiger partial charge in [-0.3, -0.25) is 9.88 Å². The topological polar surface area (TPSA) is 97.8 Å². The number of rotatable bonds is 5. The summed E-state index contributed by atoms with van der Waals surface area (Å²) in [6, 6.07) is 7.40. The Hall–Kier alpha value is -3.20. The summed E-state index contributed by atoms with van der Waals surface area (Å²) in [5, 5.41) is 14.8. The van der Waals surface area contributed by atoms with Crippen LogP contribution in [0.15, 0.2) is 36.5 Å². The Kier molecular flexibility index (Phi) is 7.22. The summed E-state index contributed by atoms with van der Waals surface area (Å²) < 4.78 is 14.4. The summed E-state index contributed by atoms with van der Waals surface area (Å²) in [4.78, 5) is 31.8. The predicted molar refractivity (Wildman–Crippen MR) is 126 cm³/mol. The fourth-order valence-corrected chi connectivity index (χ4v) is 4.49. The van der Waals surface area contributed by atoms with Crippen LogP contribution in [0.3, 0.4) is 0 Å². The molecule has 8 nitrogen and oxygen atoms in total.